The van der Waals surface area contributed by atoms with Gasteiger partial charge in [-0.15, -0.1) is 11.3 Å². The molecule has 3 nitrogen and oxygen atoms in total. The highest BCUT2D eigenvalue weighted by atomic mass is 32.1. The van der Waals surface area contributed by atoms with Gasteiger partial charge in [-0.05, 0) is 38.4 Å². The summed E-state index contributed by atoms with van der Waals surface area (Å²) in [5.41, 5.74) is 7.26. The van der Waals surface area contributed by atoms with Crippen LogP contribution in [-0.2, 0) is 6.42 Å². The molecular formula is C14H25N3S. The number of nitrogens with zero attached hydrogens (tertiary/aromatic N) is 2. The van der Waals surface area contributed by atoms with Crippen LogP contribution < -0.4 is 5.73 Å². The molecule has 1 unspecified atom stereocenters. The molecule has 102 valence electrons. The Morgan fingerprint density at radius 1 is 1.56 bits per heavy atom. The number of hydrogen-bond acceptors (Lipinski definition) is 4. The third kappa shape index (κ3) is 3.53. The van der Waals surface area contributed by atoms with Crippen molar-refractivity contribution in [2.75, 3.05) is 26.7 Å². The van der Waals surface area contributed by atoms with Crippen LogP contribution in [0.15, 0.2) is 5.38 Å². The van der Waals surface area contributed by atoms with Crippen molar-refractivity contribution in [3.8, 4) is 0 Å². The molecule has 1 aliphatic heterocycles. The molecule has 0 aliphatic carbocycles. The van der Waals surface area contributed by atoms with Crippen LogP contribution in [0.5, 0.6) is 0 Å². The number of nitrogens with two attached hydrogens (primary N) is 1. The monoisotopic (exact) mass is 267 g/mol. The molecule has 0 radical (unpaired) electrons. The van der Waals surface area contributed by atoms with Crippen molar-refractivity contribution in [2.45, 2.75) is 39.0 Å². The van der Waals surface area contributed by atoms with Gasteiger partial charge < -0.3 is 10.6 Å². The van der Waals surface area contributed by atoms with Crippen molar-refractivity contribution >= 4 is 11.3 Å². The highest BCUT2D eigenvalue weighted by Gasteiger charge is 2.23. The van der Waals surface area contributed by atoms with E-state index in [0.717, 1.165) is 13.0 Å². The minimum absolute atomic E-state index is 0.165. The van der Waals surface area contributed by atoms with E-state index in [1.807, 2.05) is 0 Å². The molecule has 0 aromatic carbocycles. The van der Waals surface area contributed by atoms with Crippen LogP contribution in [0.25, 0.3) is 0 Å². The zero-order valence-corrected chi connectivity index (χ0v) is 12.6. The Kier molecular flexibility index (Phi) is 4.41. The van der Waals surface area contributed by atoms with Crippen LogP contribution in [0.1, 0.15) is 43.3 Å². The van der Waals surface area contributed by atoms with E-state index in [2.05, 4.69) is 31.2 Å². The smallest absolute Gasteiger partial charge is 0.0934 e. The first-order valence-corrected chi connectivity index (χ1v) is 7.71. The first kappa shape index (κ1) is 14.0. The maximum absolute atomic E-state index is 5.79. The van der Waals surface area contributed by atoms with Crippen LogP contribution in [-0.4, -0.2) is 36.6 Å². The van der Waals surface area contributed by atoms with Gasteiger partial charge >= 0.3 is 0 Å². The first-order chi connectivity index (χ1) is 8.50. The highest BCUT2D eigenvalue weighted by Crippen LogP contribution is 2.29. The molecule has 2 rings (SSSR count). The van der Waals surface area contributed by atoms with Crippen LogP contribution >= 0.6 is 11.3 Å². The van der Waals surface area contributed by atoms with Crippen molar-refractivity contribution in [2.24, 2.45) is 11.1 Å². The number of likely N-dealkylation sites (tertiary alicyclic amines) is 1. The minimum Gasteiger partial charge on any atom is -0.330 e. The van der Waals surface area contributed by atoms with Gasteiger partial charge in [0.15, 0.2) is 0 Å². The van der Waals surface area contributed by atoms with Crippen molar-refractivity contribution in [1.29, 1.82) is 0 Å². The fourth-order valence-electron chi connectivity index (χ4n) is 2.48. The number of rotatable bonds is 4. The van der Waals surface area contributed by atoms with Crippen LogP contribution in [0.2, 0.25) is 0 Å². The van der Waals surface area contributed by atoms with E-state index in [9.17, 15) is 0 Å². The summed E-state index contributed by atoms with van der Waals surface area (Å²) in [6, 6.07) is 0. The third-order valence-electron chi connectivity index (χ3n) is 3.79. The second-order valence-corrected chi connectivity index (χ2v) is 7.26. The zero-order chi connectivity index (χ0) is 13.2. The van der Waals surface area contributed by atoms with Crippen LogP contribution in [0.4, 0.5) is 0 Å². The van der Waals surface area contributed by atoms with Gasteiger partial charge in [0, 0.05) is 24.3 Å². The van der Waals surface area contributed by atoms with E-state index in [1.165, 1.54) is 30.1 Å². The van der Waals surface area contributed by atoms with Gasteiger partial charge in [-0.25, -0.2) is 4.98 Å². The largest absolute Gasteiger partial charge is 0.330 e. The van der Waals surface area contributed by atoms with Crippen molar-refractivity contribution < 1.29 is 0 Å². The molecule has 4 heteroatoms. The molecule has 1 aromatic rings. The average Bonchev–Trinajstić information content (AvgIpc) is 2.77. The summed E-state index contributed by atoms with van der Waals surface area (Å²) in [4.78, 5) is 7.25. The maximum Gasteiger partial charge on any atom is 0.0934 e. The Balaban J connectivity index is 2.01. The number of hydrogen-bond donors (Lipinski definition) is 1. The number of likely N-dealkylation sites (N-methyl/N-ethyl adjacent to an activating group) is 1. The fraction of sp³-hybridized carbons (Fsp3) is 0.786. The lowest BCUT2D eigenvalue weighted by atomic mass is 9.90. The highest BCUT2D eigenvalue weighted by molar-refractivity contribution is 7.09. The quantitative estimate of drug-likeness (QED) is 0.911. The second-order valence-electron chi connectivity index (χ2n) is 6.31. The second kappa shape index (κ2) is 5.68. The van der Waals surface area contributed by atoms with Gasteiger partial charge in [0.25, 0.3) is 0 Å². The first-order valence-electron chi connectivity index (χ1n) is 6.83. The van der Waals surface area contributed by atoms with Gasteiger partial charge in [-0.2, -0.15) is 0 Å². The molecule has 0 saturated carbocycles. The van der Waals surface area contributed by atoms with Gasteiger partial charge in [-0.3, -0.25) is 0 Å². The van der Waals surface area contributed by atoms with E-state index in [0.29, 0.717) is 12.5 Å². The Morgan fingerprint density at radius 2 is 2.33 bits per heavy atom. The Morgan fingerprint density at radius 3 is 3.00 bits per heavy atom. The molecule has 18 heavy (non-hydrogen) atoms. The zero-order valence-electron chi connectivity index (χ0n) is 11.8. The molecular weight excluding hydrogens is 242 g/mol. The summed E-state index contributed by atoms with van der Waals surface area (Å²) in [6.07, 6.45) is 3.58. The molecule has 1 aliphatic rings. The normalized spacial score (nSPS) is 22.3. The Bertz CT molecular complexity index is 386. The number of aromatic nitrogens is 1. The minimum atomic E-state index is 0.165. The Hall–Kier alpha value is -0.450. The van der Waals surface area contributed by atoms with Crippen LogP contribution in [0.3, 0.4) is 0 Å². The predicted molar refractivity (Wildman–Crippen MR) is 78.1 cm³/mol. The van der Waals surface area contributed by atoms with E-state index >= 15 is 0 Å². The summed E-state index contributed by atoms with van der Waals surface area (Å²) in [5.74, 6) is 0.634. The molecule has 2 heterocycles. The van der Waals surface area contributed by atoms with Gasteiger partial charge in [0.2, 0.25) is 0 Å². The average molecular weight is 267 g/mol. The summed E-state index contributed by atoms with van der Waals surface area (Å²) in [6.45, 7) is 7.52. The van der Waals surface area contributed by atoms with E-state index < -0.39 is 0 Å². The third-order valence-corrected chi connectivity index (χ3v) is 4.66. The topological polar surface area (TPSA) is 42.1 Å². The van der Waals surface area contributed by atoms with Gasteiger partial charge in [-0.1, -0.05) is 13.8 Å². The maximum atomic E-state index is 5.79. The van der Waals surface area contributed by atoms with Crippen molar-refractivity contribution in [1.82, 2.24) is 9.88 Å². The molecule has 0 bridgehead atoms. The lowest BCUT2D eigenvalue weighted by Gasteiger charge is -2.28. The van der Waals surface area contributed by atoms with E-state index in [1.54, 1.807) is 11.3 Å². The summed E-state index contributed by atoms with van der Waals surface area (Å²) >= 11 is 1.80. The number of thiazole rings is 1. The van der Waals surface area contributed by atoms with E-state index in [-0.39, 0.29) is 5.41 Å². The standard InChI is InChI=1S/C14H25N3S/c1-14(2,10-15)7-13-16-12(9-18-13)11-5-4-6-17(3)8-11/h9,11H,4-8,10,15H2,1-3H3. The Labute approximate surface area is 114 Å². The fourth-order valence-corrected chi connectivity index (χ4v) is 3.62. The predicted octanol–water partition coefficient (Wildman–Crippen LogP) is 2.48. The lowest BCUT2D eigenvalue weighted by molar-refractivity contribution is 0.248. The molecule has 1 fully saturated rings. The van der Waals surface area contributed by atoms with E-state index in [4.69, 9.17) is 10.7 Å². The van der Waals surface area contributed by atoms with Gasteiger partial charge in [0.05, 0.1) is 10.7 Å². The van der Waals surface area contributed by atoms with Crippen LogP contribution in [0, 0.1) is 5.41 Å². The van der Waals surface area contributed by atoms with Crippen molar-refractivity contribution in [3.63, 3.8) is 0 Å². The molecule has 0 spiro atoms. The molecule has 2 N–H and O–H groups in total. The molecule has 1 aromatic heterocycles. The summed E-state index contributed by atoms with van der Waals surface area (Å²) in [5, 5.41) is 3.50. The SMILES string of the molecule is CN1CCCC(c2csc(CC(C)(C)CN)n2)C1. The van der Waals surface area contributed by atoms with Gasteiger partial charge in [0.1, 0.15) is 0 Å². The molecule has 1 atom stereocenters. The number of piperidine rings is 1. The molecule has 1 saturated heterocycles. The van der Waals surface area contributed by atoms with Crippen molar-refractivity contribution in [3.05, 3.63) is 16.1 Å². The summed E-state index contributed by atoms with van der Waals surface area (Å²) in [7, 11) is 2.21. The summed E-state index contributed by atoms with van der Waals surface area (Å²) < 4.78 is 0. The lowest BCUT2D eigenvalue weighted by Crippen LogP contribution is -2.31. The molecule has 0 amide bonds.